The summed E-state index contributed by atoms with van der Waals surface area (Å²) in [6.07, 6.45) is 4.12. The number of alkyl halides is 1. The van der Waals surface area contributed by atoms with Crippen LogP contribution in [0.25, 0.3) is 10.3 Å². The highest BCUT2D eigenvalue weighted by molar-refractivity contribution is 7.21. The first-order chi connectivity index (χ1) is 19.9. The molecule has 41 heavy (non-hydrogen) atoms. The second-order valence-electron chi connectivity index (χ2n) is 10.5. The SMILES string of the molecule is COc1ccc(Cn2c(C3(Cl)CC3)nc3sc(N4CCCCC4C(=O)NCc4ccccc4)nc3c2=O)c(OC)c1. The van der Waals surface area contributed by atoms with Crippen molar-refractivity contribution in [2.75, 3.05) is 25.7 Å². The molecular formula is C30H32ClN5O4S. The van der Waals surface area contributed by atoms with Crippen molar-refractivity contribution in [3.05, 3.63) is 75.8 Å². The quantitative estimate of drug-likeness (QED) is 0.278. The molecule has 1 atom stereocenters. The number of halogens is 1. The molecule has 1 aliphatic carbocycles. The number of rotatable bonds is 9. The van der Waals surface area contributed by atoms with Crippen LogP contribution < -0.4 is 25.2 Å². The number of carbonyl (C=O) groups excluding carboxylic acids is 1. The van der Waals surface area contributed by atoms with Crippen molar-refractivity contribution in [1.82, 2.24) is 19.9 Å². The van der Waals surface area contributed by atoms with Gasteiger partial charge in [0, 0.05) is 24.7 Å². The molecule has 11 heteroatoms. The molecular weight excluding hydrogens is 562 g/mol. The number of piperidine rings is 1. The van der Waals surface area contributed by atoms with E-state index in [1.165, 1.54) is 11.3 Å². The van der Waals surface area contributed by atoms with Gasteiger partial charge in [-0.1, -0.05) is 41.7 Å². The Morgan fingerprint density at radius 3 is 2.66 bits per heavy atom. The van der Waals surface area contributed by atoms with Gasteiger partial charge in [0.25, 0.3) is 5.56 Å². The van der Waals surface area contributed by atoms with Gasteiger partial charge in [-0.15, -0.1) is 11.6 Å². The van der Waals surface area contributed by atoms with E-state index in [4.69, 9.17) is 31.0 Å². The van der Waals surface area contributed by atoms with E-state index >= 15 is 0 Å². The molecule has 1 amide bonds. The van der Waals surface area contributed by atoms with E-state index in [9.17, 15) is 9.59 Å². The summed E-state index contributed by atoms with van der Waals surface area (Å²) in [5.74, 6) is 1.78. The molecule has 2 fully saturated rings. The number of thiazole rings is 1. The summed E-state index contributed by atoms with van der Waals surface area (Å²) < 4.78 is 12.5. The number of hydrogen-bond donors (Lipinski definition) is 1. The Kier molecular flexibility index (Phi) is 7.61. The zero-order chi connectivity index (χ0) is 28.6. The molecule has 0 bridgehead atoms. The molecule has 6 rings (SSSR count). The summed E-state index contributed by atoms with van der Waals surface area (Å²) in [6.45, 7) is 1.39. The summed E-state index contributed by atoms with van der Waals surface area (Å²) in [4.78, 5) is 38.8. The first-order valence-corrected chi connectivity index (χ1v) is 15.0. The average molecular weight is 594 g/mol. The van der Waals surface area contributed by atoms with Crippen LogP contribution in [-0.4, -0.2) is 47.2 Å². The summed E-state index contributed by atoms with van der Waals surface area (Å²) in [7, 11) is 3.18. The standard InChI is InChI=1S/C30H32ClN5O4S/c1-39-21-12-11-20(23(16-21)40-2)18-36-27(38)24-26(34-28(36)30(31)13-14-30)41-29(33-24)35-15-7-6-10-22(35)25(37)32-17-19-8-4-3-5-9-19/h3-5,8-9,11-12,16,22H,6-7,10,13-15,17-18H2,1-2H3,(H,32,37). The number of benzene rings is 2. The Hall–Kier alpha value is -3.63. The average Bonchev–Trinajstić information content (AvgIpc) is 3.61. The van der Waals surface area contributed by atoms with Gasteiger partial charge in [0.05, 0.1) is 20.8 Å². The van der Waals surface area contributed by atoms with E-state index in [1.54, 1.807) is 24.9 Å². The number of carbonyl (C=O) groups is 1. The van der Waals surface area contributed by atoms with Gasteiger partial charge in [0.1, 0.15) is 28.2 Å². The fourth-order valence-corrected chi connectivity index (χ4v) is 6.58. The third kappa shape index (κ3) is 5.50. The Bertz CT molecular complexity index is 1640. The van der Waals surface area contributed by atoms with Gasteiger partial charge in [-0.3, -0.25) is 14.2 Å². The number of fused-ring (bicyclic) bond motifs is 1. The molecule has 3 heterocycles. The Labute approximate surface area is 247 Å². The van der Waals surface area contributed by atoms with Gasteiger partial charge in [-0.25, -0.2) is 9.97 Å². The smallest absolute Gasteiger partial charge is 0.281 e. The summed E-state index contributed by atoms with van der Waals surface area (Å²) in [5, 5.41) is 3.72. The molecule has 0 radical (unpaired) electrons. The lowest BCUT2D eigenvalue weighted by molar-refractivity contribution is -0.123. The lowest BCUT2D eigenvalue weighted by Gasteiger charge is -2.34. The maximum atomic E-state index is 14.0. The van der Waals surface area contributed by atoms with Crippen LogP contribution >= 0.6 is 22.9 Å². The minimum absolute atomic E-state index is 0.0387. The van der Waals surface area contributed by atoms with Gasteiger partial charge >= 0.3 is 0 Å². The van der Waals surface area contributed by atoms with Crippen LogP contribution in [-0.2, 0) is 22.8 Å². The first-order valence-electron chi connectivity index (χ1n) is 13.8. The molecule has 1 unspecified atom stereocenters. The third-order valence-corrected chi connectivity index (χ3v) is 9.32. The van der Waals surface area contributed by atoms with Crippen molar-refractivity contribution in [2.24, 2.45) is 0 Å². The molecule has 2 aromatic heterocycles. The summed E-state index contributed by atoms with van der Waals surface area (Å²) in [5.41, 5.74) is 1.89. The summed E-state index contributed by atoms with van der Waals surface area (Å²) in [6, 6.07) is 15.0. The second-order valence-corrected chi connectivity index (χ2v) is 12.2. The molecule has 1 saturated carbocycles. The van der Waals surface area contributed by atoms with Crippen molar-refractivity contribution in [3.8, 4) is 11.5 Å². The Balaban J connectivity index is 1.34. The number of ether oxygens (including phenoxy) is 2. The van der Waals surface area contributed by atoms with Crippen molar-refractivity contribution in [2.45, 2.75) is 56.1 Å². The number of hydrogen-bond acceptors (Lipinski definition) is 8. The largest absolute Gasteiger partial charge is 0.497 e. The number of amides is 1. The highest BCUT2D eigenvalue weighted by Gasteiger charge is 2.47. The van der Waals surface area contributed by atoms with Crippen LogP contribution in [0.1, 0.15) is 49.1 Å². The van der Waals surface area contributed by atoms with Crippen LogP contribution in [0.15, 0.2) is 53.3 Å². The molecule has 1 aliphatic heterocycles. The van der Waals surface area contributed by atoms with Gasteiger partial charge in [-0.2, -0.15) is 0 Å². The molecule has 1 N–H and O–H groups in total. The molecule has 214 valence electrons. The van der Waals surface area contributed by atoms with Gasteiger partial charge in [-0.05, 0) is 49.8 Å². The van der Waals surface area contributed by atoms with Crippen LogP contribution in [0.4, 0.5) is 5.13 Å². The van der Waals surface area contributed by atoms with Crippen LogP contribution in [0.3, 0.4) is 0 Å². The third-order valence-electron chi connectivity index (χ3n) is 7.78. The number of aromatic nitrogens is 3. The van der Waals surface area contributed by atoms with Crippen molar-refractivity contribution >= 4 is 44.3 Å². The fraction of sp³-hybridized carbons (Fsp3) is 0.400. The predicted octanol–water partition coefficient (Wildman–Crippen LogP) is 4.82. The normalized spacial score (nSPS) is 17.8. The minimum Gasteiger partial charge on any atom is -0.497 e. The van der Waals surface area contributed by atoms with E-state index in [-0.39, 0.29) is 29.6 Å². The number of nitrogens with one attached hydrogen (secondary N) is 1. The van der Waals surface area contributed by atoms with E-state index in [1.807, 2.05) is 47.4 Å². The van der Waals surface area contributed by atoms with Gasteiger partial charge in [0.2, 0.25) is 5.91 Å². The monoisotopic (exact) mass is 593 g/mol. The first kappa shape index (κ1) is 27.5. The van der Waals surface area contributed by atoms with Crippen LogP contribution in [0.5, 0.6) is 11.5 Å². The predicted molar refractivity (Wildman–Crippen MR) is 160 cm³/mol. The second kappa shape index (κ2) is 11.3. The number of methoxy groups -OCH3 is 2. The van der Waals surface area contributed by atoms with Crippen LogP contribution in [0.2, 0.25) is 0 Å². The fourth-order valence-electron chi connectivity index (χ4n) is 5.33. The van der Waals surface area contributed by atoms with Gasteiger partial charge < -0.3 is 19.7 Å². The molecule has 2 aliphatic rings. The molecule has 9 nitrogen and oxygen atoms in total. The zero-order valence-electron chi connectivity index (χ0n) is 23.1. The molecule has 2 aromatic carbocycles. The number of anilines is 1. The maximum absolute atomic E-state index is 14.0. The van der Waals surface area contributed by atoms with Crippen LogP contribution in [0, 0.1) is 0 Å². The lowest BCUT2D eigenvalue weighted by Crippen LogP contribution is -2.49. The Morgan fingerprint density at radius 2 is 1.93 bits per heavy atom. The summed E-state index contributed by atoms with van der Waals surface area (Å²) >= 11 is 8.24. The lowest BCUT2D eigenvalue weighted by atomic mass is 10.0. The Morgan fingerprint density at radius 1 is 1.12 bits per heavy atom. The highest BCUT2D eigenvalue weighted by Crippen LogP contribution is 2.51. The maximum Gasteiger partial charge on any atom is 0.281 e. The van der Waals surface area contributed by atoms with Crippen molar-refractivity contribution in [3.63, 3.8) is 0 Å². The molecule has 4 aromatic rings. The van der Waals surface area contributed by atoms with E-state index < -0.39 is 4.87 Å². The molecule has 1 saturated heterocycles. The van der Waals surface area contributed by atoms with Gasteiger partial charge in [0.15, 0.2) is 15.5 Å². The van der Waals surface area contributed by atoms with E-state index in [0.29, 0.717) is 40.4 Å². The topological polar surface area (TPSA) is 98.6 Å². The van der Waals surface area contributed by atoms with Crippen molar-refractivity contribution < 1.29 is 14.3 Å². The van der Waals surface area contributed by atoms with Crippen molar-refractivity contribution in [1.29, 1.82) is 0 Å². The van der Waals surface area contributed by atoms with E-state index in [2.05, 4.69) is 5.32 Å². The minimum atomic E-state index is -0.678. The van der Waals surface area contributed by atoms with E-state index in [0.717, 1.165) is 43.2 Å². The molecule has 0 spiro atoms. The zero-order valence-corrected chi connectivity index (χ0v) is 24.6. The number of nitrogens with zero attached hydrogens (tertiary/aromatic N) is 4. The highest BCUT2D eigenvalue weighted by atomic mass is 35.5.